The predicted molar refractivity (Wildman–Crippen MR) is 66.8 cm³/mol. The van der Waals surface area contributed by atoms with Gasteiger partial charge in [0, 0.05) is 25.3 Å². The molecule has 1 aromatic rings. The van der Waals surface area contributed by atoms with Gasteiger partial charge in [0.25, 0.3) is 0 Å². The van der Waals surface area contributed by atoms with Crippen molar-refractivity contribution in [3.05, 3.63) is 34.9 Å². The number of halogens is 1. The summed E-state index contributed by atoms with van der Waals surface area (Å²) >= 11 is 5.82. The number of ether oxygens (including phenoxy) is 1. The molecular formula is C13H19ClO2. The summed E-state index contributed by atoms with van der Waals surface area (Å²) in [5, 5.41) is 10.0. The maximum atomic E-state index is 9.27. The fourth-order valence-electron chi connectivity index (χ4n) is 1.73. The Balaban J connectivity index is 2.40. The first kappa shape index (κ1) is 13.5. The highest BCUT2D eigenvalue weighted by Gasteiger charge is 2.08. The van der Waals surface area contributed by atoms with Gasteiger partial charge < -0.3 is 9.84 Å². The van der Waals surface area contributed by atoms with E-state index in [2.05, 4.69) is 0 Å². The van der Waals surface area contributed by atoms with Crippen molar-refractivity contribution in [3.8, 4) is 0 Å². The highest BCUT2D eigenvalue weighted by molar-refractivity contribution is 6.30. The molecule has 0 aliphatic rings. The Morgan fingerprint density at radius 2 is 2.00 bits per heavy atom. The van der Waals surface area contributed by atoms with E-state index < -0.39 is 0 Å². The van der Waals surface area contributed by atoms with Crippen molar-refractivity contribution >= 4 is 11.6 Å². The van der Waals surface area contributed by atoms with E-state index in [-0.39, 0.29) is 6.61 Å². The molecule has 0 bridgehead atoms. The number of aliphatic hydroxyl groups is 1. The number of methoxy groups -OCH3 is 1. The smallest absolute Gasteiger partial charge is 0.0462 e. The number of aliphatic hydroxyl groups excluding tert-OH is 1. The van der Waals surface area contributed by atoms with Gasteiger partial charge >= 0.3 is 0 Å². The van der Waals surface area contributed by atoms with Gasteiger partial charge in [0.05, 0.1) is 0 Å². The maximum Gasteiger partial charge on any atom is 0.0462 e. The second kappa shape index (κ2) is 7.66. The molecule has 0 aliphatic carbocycles. The summed E-state index contributed by atoms with van der Waals surface area (Å²) in [7, 11) is 1.70. The molecule has 1 rings (SSSR count). The molecule has 0 spiro atoms. The van der Waals surface area contributed by atoms with Crippen molar-refractivity contribution in [1.29, 1.82) is 0 Å². The van der Waals surface area contributed by atoms with Crippen LogP contribution in [0.2, 0.25) is 5.02 Å². The highest BCUT2D eigenvalue weighted by Crippen LogP contribution is 2.16. The van der Waals surface area contributed by atoms with E-state index in [1.54, 1.807) is 7.11 Å². The van der Waals surface area contributed by atoms with Crippen molar-refractivity contribution in [1.82, 2.24) is 0 Å². The molecule has 1 unspecified atom stereocenters. The molecule has 0 fully saturated rings. The molecule has 0 saturated heterocycles. The van der Waals surface area contributed by atoms with Gasteiger partial charge in [-0.25, -0.2) is 0 Å². The largest absolute Gasteiger partial charge is 0.396 e. The van der Waals surface area contributed by atoms with Crippen molar-refractivity contribution in [3.63, 3.8) is 0 Å². The van der Waals surface area contributed by atoms with E-state index in [4.69, 9.17) is 16.3 Å². The molecule has 1 N–H and O–H groups in total. The predicted octanol–water partition coefficient (Wildman–Crippen LogP) is 2.92. The Morgan fingerprint density at radius 1 is 1.31 bits per heavy atom. The Hall–Kier alpha value is -0.570. The summed E-state index contributed by atoms with van der Waals surface area (Å²) in [6.07, 6.45) is 2.89. The van der Waals surface area contributed by atoms with Crippen LogP contribution in [0.4, 0.5) is 0 Å². The van der Waals surface area contributed by atoms with Gasteiger partial charge in [-0.1, -0.05) is 23.7 Å². The lowest BCUT2D eigenvalue weighted by atomic mass is 9.96. The minimum Gasteiger partial charge on any atom is -0.396 e. The molecule has 3 heteroatoms. The summed E-state index contributed by atoms with van der Waals surface area (Å²) in [5.41, 5.74) is 1.22. The van der Waals surface area contributed by atoms with Crippen molar-refractivity contribution in [2.75, 3.05) is 20.3 Å². The maximum absolute atomic E-state index is 9.27. The molecule has 0 amide bonds. The Labute approximate surface area is 102 Å². The van der Waals surface area contributed by atoms with E-state index in [1.165, 1.54) is 5.56 Å². The van der Waals surface area contributed by atoms with Gasteiger partial charge in [0.1, 0.15) is 0 Å². The van der Waals surface area contributed by atoms with Crippen LogP contribution in [0, 0.1) is 5.92 Å². The molecular weight excluding hydrogens is 224 g/mol. The van der Waals surface area contributed by atoms with E-state index in [1.807, 2.05) is 24.3 Å². The average Bonchev–Trinajstić information content (AvgIpc) is 2.31. The summed E-state index contributed by atoms with van der Waals surface area (Å²) in [6, 6.07) is 7.81. The summed E-state index contributed by atoms with van der Waals surface area (Å²) in [4.78, 5) is 0. The number of rotatable bonds is 7. The van der Waals surface area contributed by atoms with E-state index in [9.17, 15) is 5.11 Å². The lowest BCUT2D eigenvalue weighted by molar-refractivity contribution is 0.169. The van der Waals surface area contributed by atoms with Gasteiger partial charge in [-0.2, -0.15) is 0 Å². The van der Waals surface area contributed by atoms with Crippen molar-refractivity contribution in [2.24, 2.45) is 5.92 Å². The first-order valence-corrected chi connectivity index (χ1v) is 5.98. The first-order valence-electron chi connectivity index (χ1n) is 5.60. The number of hydrogen-bond acceptors (Lipinski definition) is 2. The van der Waals surface area contributed by atoms with Crippen LogP contribution in [0.3, 0.4) is 0 Å². The third-order valence-electron chi connectivity index (χ3n) is 2.66. The molecule has 16 heavy (non-hydrogen) atoms. The van der Waals surface area contributed by atoms with Crippen LogP contribution >= 0.6 is 11.6 Å². The molecule has 0 heterocycles. The lowest BCUT2D eigenvalue weighted by Gasteiger charge is -2.13. The Kier molecular flexibility index (Phi) is 6.46. The molecule has 90 valence electrons. The van der Waals surface area contributed by atoms with Crippen LogP contribution in [-0.2, 0) is 11.2 Å². The van der Waals surface area contributed by atoms with Crippen LogP contribution in [0.25, 0.3) is 0 Å². The second-order valence-corrected chi connectivity index (χ2v) is 4.45. The molecule has 1 atom stereocenters. The average molecular weight is 243 g/mol. The summed E-state index contributed by atoms with van der Waals surface area (Å²) in [5.74, 6) is 0.316. The molecule has 0 saturated carbocycles. The molecule has 0 radical (unpaired) electrons. The summed E-state index contributed by atoms with van der Waals surface area (Å²) in [6.45, 7) is 0.990. The van der Waals surface area contributed by atoms with Crippen LogP contribution in [0.15, 0.2) is 24.3 Å². The number of benzene rings is 1. The first-order chi connectivity index (χ1) is 7.76. The fraction of sp³-hybridized carbons (Fsp3) is 0.538. The van der Waals surface area contributed by atoms with Crippen LogP contribution in [0.1, 0.15) is 18.4 Å². The lowest BCUT2D eigenvalue weighted by Crippen LogP contribution is -2.10. The fourth-order valence-corrected chi connectivity index (χ4v) is 1.85. The SMILES string of the molecule is COCCCC(CO)Cc1ccc(Cl)cc1. The monoisotopic (exact) mass is 242 g/mol. The van der Waals surface area contributed by atoms with Gasteiger partial charge in [-0.05, 0) is 42.9 Å². The zero-order valence-electron chi connectivity index (χ0n) is 9.66. The third-order valence-corrected chi connectivity index (χ3v) is 2.91. The van der Waals surface area contributed by atoms with Gasteiger partial charge in [-0.3, -0.25) is 0 Å². The Bertz CT molecular complexity index is 284. The van der Waals surface area contributed by atoms with Crippen molar-refractivity contribution < 1.29 is 9.84 Å². The second-order valence-electron chi connectivity index (χ2n) is 4.01. The van der Waals surface area contributed by atoms with Gasteiger partial charge in [0.2, 0.25) is 0 Å². The highest BCUT2D eigenvalue weighted by atomic mass is 35.5. The van der Waals surface area contributed by atoms with Gasteiger partial charge in [0.15, 0.2) is 0 Å². The van der Waals surface area contributed by atoms with E-state index in [0.717, 1.165) is 30.9 Å². The Morgan fingerprint density at radius 3 is 2.56 bits per heavy atom. The quantitative estimate of drug-likeness (QED) is 0.745. The van der Waals surface area contributed by atoms with Gasteiger partial charge in [-0.15, -0.1) is 0 Å². The normalized spacial score (nSPS) is 12.7. The standard InChI is InChI=1S/C13H19ClO2/c1-16-8-2-3-12(10-15)9-11-4-6-13(14)7-5-11/h4-7,12,15H,2-3,8-10H2,1H3. The van der Waals surface area contributed by atoms with Crippen LogP contribution in [-0.4, -0.2) is 25.4 Å². The molecule has 0 aromatic heterocycles. The topological polar surface area (TPSA) is 29.5 Å². The van der Waals surface area contributed by atoms with E-state index >= 15 is 0 Å². The van der Waals surface area contributed by atoms with E-state index in [0.29, 0.717) is 5.92 Å². The number of hydrogen-bond donors (Lipinski definition) is 1. The van der Waals surface area contributed by atoms with Crippen LogP contribution in [0.5, 0.6) is 0 Å². The van der Waals surface area contributed by atoms with Crippen LogP contribution < -0.4 is 0 Å². The molecule has 0 aliphatic heterocycles. The summed E-state index contributed by atoms with van der Waals surface area (Å²) < 4.78 is 5.00. The molecule has 2 nitrogen and oxygen atoms in total. The minimum atomic E-state index is 0.229. The zero-order valence-corrected chi connectivity index (χ0v) is 10.4. The third kappa shape index (κ3) is 4.97. The zero-order chi connectivity index (χ0) is 11.8. The van der Waals surface area contributed by atoms with Crippen molar-refractivity contribution in [2.45, 2.75) is 19.3 Å². The molecule has 1 aromatic carbocycles. The minimum absolute atomic E-state index is 0.229.